The lowest BCUT2D eigenvalue weighted by molar-refractivity contribution is -0.138. The van der Waals surface area contributed by atoms with E-state index < -0.39 is 0 Å². The predicted octanol–water partition coefficient (Wildman–Crippen LogP) is 16.1. The summed E-state index contributed by atoms with van der Waals surface area (Å²) in [4.78, 5) is 12.1. The third-order valence-electron chi connectivity index (χ3n) is 9.81. The molecular weight excluding hydrogens is 584 g/mol. The number of esters is 1. The summed E-state index contributed by atoms with van der Waals surface area (Å²) in [5.41, 5.74) is 0. The number of halogens is 1. The standard InChI is InChI=1S/C43H83ClO2/c1-3-5-7-9-11-13-15-17-19-21-22-23-24-25-26-28-30-32-34-36-38-40-42(44)43(45)46-41-39-37-35-33-31-29-27-20-18-16-14-12-10-8-6-4-2/h40H,3-39,41H2,1-2H3/b42-40-. The van der Waals surface area contributed by atoms with E-state index in [2.05, 4.69) is 13.8 Å². The summed E-state index contributed by atoms with van der Waals surface area (Å²) in [6.07, 6.45) is 52.2. The van der Waals surface area contributed by atoms with Crippen molar-refractivity contribution in [3.63, 3.8) is 0 Å². The Morgan fingerprint density at radius 2 is 0.630 bits per heavy atom. The Morgan fingerprint density at radius 1 is 0.391 bits per heavy atom. The molecule has 0 N–H and O–H groups in total. The molecule has 0 amide bonds. The lowest BCUT2D eigenvalue weighted by atomic mass is 10.0. The van der Waals surface area contributed by atoms with E-state index in [9.17, 15) is 4.79 Å². The Labute approximate surface area is 295 Å². The minimum absolute atomic E-state index is 0.272. The van der Waals surface area contributed by atoms with Gasteiger partial charge in [0.05, 0.1) is 6.61 Å². The molecule has 0 radical (unpaired) electrons. The first kappa shape index (κ1) is 45.5. The van der Waals surface area contributed by atoms with E-state index in [0.29, 0.717) is 6.61 Å². The van der Waals surface area contributed by atoms with Gasteiger partial charge in [-0.05, 0) is 19.3 Å². The number of hydrogen-bond acceptors (Lipinski definition) is 2. The highest BCUT2D eigenvalue weighted by Gasteiger charge is 2.07. The van der Waals surface area contributed by atoms with Gasteiger partial charge in [0.15, 0.2) is 0 Å². The van der Waals surface area contributed by atoms with Crippen LogP contribution in [0.4, 0.5) is 0 Å². The first-order valence-corrected chi connectivity index (χ1v) is 21.6. The minimum Gasteiger partial charge on any atom is -0.461 e. The summed E-state index contributed by atoms with van der Waals surface area (Å²) in [6.45, 7) is 5.08. The molecule has 0 heterocycles. The van der Waals surface area contributed by atoms with Crippen molar-refractivity contribution in [2.24, 2.45) is 0 Å². The lowest BCUT2D eigenvalue weighted by Gasteiger charge is -2.05. The van der Waals surface area contributed by atoms with Crippen LogP contribution in [0.5, 0.6) is 0 Å². The molecule has 0 aliphatic heterocycles. The Hall–Kier alpha value is -0.500. The second-order valence-corrected chi connectivity index (χ2v) is 14.9. The number of rotatable bonds is 39. The summed E-state index contributed by atoms with van der Waals surface area (Å²) in [7, 11) is 0. The van der Waals surface area contributed by atoms with Crippen molar-refractivity contribution in [1.29, 1.82) is 0 Å². The molecule has 0 aromatic heterocycles. The van der Waals surface area contributed by atoms with Crippen LogP contribution in [0.25, 0.3) is 0 Å². The molecule has 0 saturated heterocycles. The molecule has 46 heavy (non-hydrogen) atoms. The largest absolute Gasteiger partial charge is 0.461 e. The number of allylic oxidation sites excluding steroid dienone is 1. The summed E-state index contributed by atoms with van der Waals surface area (Å²) in [5, 5.41) is 0.272. The van der Waals surface area contributed by atoms with E-state index >= 15 is 0 Å². The van der Waals surface area contributed by atoms with Crippen LogP contribution in [0.1, 0.15) is 251 Å². The van der Waals surface area contributed by atoms with Crippen LogP contribution in [-0.2, 0) is 9.53 Å². The average molecular weight is 668 g/mol. The van der Waals surface area contributed by atoms with Crippen LogP contribution in [0, 0.1) is 0 Å². The number of unbranched alkanes of at least 4 members (excludes halogenated alkanes) is 35. The zero-order valence-electron chi connectivity index (χ0n) is 31.6. The highest BCUT2D eigenvalue weighted by atomic mass is 35.5. The first-order chi connectivity index (χ1) is 22.7. The highest BCUT2D eigenvalue weighted by Crippen LogP contribution is 2.17. The Morgan fingerprint density at radius 3 is 0.913 bits per heavy atom. The molecule has 0 fully saturated rings. The van der Waals surface area contributed by atoms with E-state index in [1.807, 2.05) is 6.08 Å². The van der Waals surface area contributed by atoms with Gasteiger partial charge in [-0.15, -0.1) is 0 Å². The van der Waals surface area contributed by atoms with Crippen molar-refractivity contribution in [2.75, 3.05) is 6.61 Å². The third kappa shape index (κ3) is 38.0. The van der Waals surface area contributed by atoms with Crippen LogP contribution in [0.2, 0.25) is 0 Å². The Bertz CT molecular complexity index is 616. The van der Waals surface area contributed by atoms with E-state index in [-0.39, 0.29) is 11.0 Å². The molecule has 274 valence electrons. The summed E-state index contributed by atoms with van der Waals surface area (Å²) >= 11 is 6.18. The highest BCUT2D eigenvalue weighted by molar-refractivity contribution is 6.41. The number of ether oxygens (including phenoxy) is 1. The van der Waals surface area contributed by atoms with Crippen LogP contribution in [0.3, 0.4) is 0 Å². The van der Waals surface area contributed by atoms with Gasteiger partial charge >= 0.3 is 5.97 Å². The second kappa shape index (κ2) is 40.7. The fraction of sp³-hybridized carbons (Fsp3) is 0.930. The number of carbonyl (C=O) groups is 1. The molecular formula is C43H83ClO2. The molecule has 0 aromatic carbocycles. The van der Waals surface area contributed by atoms with Gasteiger partial charge in [0.25, 0.3) is 0 Å². The molecule has 0 aromatic rings. The monoisotopic (exact) mass is 667 g/mol. The SMILES string of the molecule is CCCCCCCCCCCCCCCCCCCCCC/C=C(\Cl)C(=O)OCCCCCCCCCCCCCCCCCC. The number of hydrogen-bond donors (Lipinski definition) is 0. The fourth-order valence-electron chi connectivity index (χ4n) is 6.60. The van der Waals surface area contributed by atoms with Gasteiger partial charge in [0.1, 0.15) is 5.03 Å². The molecule has 0 saturated carbocycles. The molecule has 0 unspecified atom stereocenters. The predicted molar refractivity (Wildman–Crippen MR) is 207 cm³/mol. The molecule has 0 atom stereocenters. The van der Waals surface area contributed by atoms with E-state index in [1.54, 1.807) is 0 Å². The molecule has 0 rings (SSSR count). The van der Waals surface area contributed by atoms with E-state index in [1.165, 1.54) is 212 Å². The summed E-state index contributed by atoms with van der Waals surface area (Å²) in [5.74, 6) is -0.337. The van der Waals surface area contributed by atoms with Crippen molar-refractivity contribution in [3.8, 4) is 0 Å². The molecule has 0 aliphatic rings. The maximum Gasteiger partial charge on any atom is 0.349 e. The third-order valence-corrected chi connectivity index (χ3v) is 10.1. The zero-order valence-corrected chi connectivity index (χ0v) is 32.4. The van der Waals surface area contributed by atoms with Crippen LogP contribution in [0.15, 0.2) is 11.1 Å². The maximum absolute atomic E-state index is 12.1. The van der Waals surface area contributed by atoms with Gasteiger partial charge in [0, 0.05) is 0 Å². The van der Waals surface area contributed by atoms with Crippen LogP contribution in [-0.4, -0.2) is 12.6 Å². The fourth-order valence-corrected chi connectivity index (χ4v) is 6.76. The average Bonchev–Trinajstić information content (AvgIpc) is 3.06. The molecule has 2 nitrogen and oxygen atoms in total. The topological polar surface area (TPSA) is 26.3 Å². The quantitative estimate of drug-likeness (QED) is 0.0371. The van der Waals surface area contributed by atoms with Gasteiger partial charge in [-0.25, -0.2) is 4.79 Å². The van der Waals surface area contributed by atoms with Crippen LogP contribution >= 0.6 is 11.6 Å². The van der Waals surface area contributed by atoms with Gasteiger partial charge in [-0.2, -0.15) is 0 Å². The van der Waals surface area contributed by atoms with Gasteiger partial charge in [0.2, 0.25) is 0 Å². The van der Waals surface area contributed by atoms with Crippen molar-refractivity contribution < 1.29 is 9.53 Å². The second-order valence-electron chi connectivity index (χ2n) is 14.5. The van der Waals surface area contributed by atoms with Gasteiger partial charge < -0.3 is 4.74 Å². The lowest BCUT2D eigenvalue weighted by Crippen LogP contribution is -2.05. The van der Waals surface area contributed by atoms with Crippen molar-refractivity contribution in [2.45, 2.75) is 251 Å². The Balaban J connectivity index is 3.31. The summed E-state index contributed by atoms with van der Waals surface area (Å²) < 4.78 is 5.38. The Kier molecular flexibility index (Phi) is 40.2. The van der Waals surface area contributed by atoms with Gasteiger partial charge in [-0.3, -0.25) is 0 Å². The molecule has 0 bridgehead atoms. The molecule has 0 aliphatic carbocycles. The van der Waals surface area contributed by atoms with E-state index in [4.69, 9.17) is 16.3 Å². The van der Waals surface area contributed by atoms with Crippen molar-refractivity contribution >= 4 is 17.6 Å². The van der Waals surface area contributed by atoms with Crippen molar-refractivity contribution in [3.05, 3.63) is 11.1 Å². The number of carbonyl (C=O) groups excluding carboxylic acids is 1. The maximum atomic E-state index is 12.1. The zero-order chi connectivity index (χ0) is 33.4. The van der Waals surface area contributed by atoms with Gasteiger partial charge in [-0.1, -0.05) is 250 Å². The molecule has 0 spiro atoms. The minimum atomic E-state index is -0.337. The van der Waals surface area contributed by atoms with Crippen LogP contribution < -0.4 is 0 Å². The first-order valence-electron chi connectivity index (χ1n) is 21.2. The van der Waals surface area contributed by atoms with Crippen molar-refractivity contribution in [1.82, 2.24) is 0 Å². The molecule has 3 heteroatoms. The van der Waals surface area contributed by atoms with E-state index in [0.717, 1.165) is 25.7 Å². The normalized spacial score (nSPS) is 11.8. The summed E-state index contributed by atoms with van der Waals surface area (Å²) in [6, 6.07) is 0. The smallest absolute Gasteiger partial charge is 0.349 e.